The second kappa shape index (κ2) is 7.11. The van der Waals surface area contributed by atoms with Crippen LogP contribution in [0.15, 0.2) is 48.5 Å². The Kier molecular flexibility index (Phi) is 5.19. The van der Waals surface area contributed by atoms with Crippen LogP contribution in [-0.4, -0.2) is 11.1 Å². The molecule has 1 atom stereocenters. The second-order valence-corrected chi connectivity index (χ2v) is 5.47. The fourth-order valence-electron chi connectivity index (χ4n) is 2.15. The SMILES string of the molecule is Cc1ccc(CNC(C)CCc2ccc(O)cc2)cc1. The van der Waals surface area contributed by atoms with Crippen molar-refractivity contribution in [2.75, 3.05) is 0 Å². The lowest BCUT2D eigenvalue weighted by Crippen LogP contribution is -2.25. The van der Waals surface area contributed by atoms with Crippen molar-refractivity contribution in [1.29, 1.82) is 0 Å². The van der Waals surface area contributed by atoms with Gasteiger partial charge in [-0.15, -0.1) is 0 Å². The van der Waals surface area contributed by atoms with Crippen LogP contribution in [0, 0.1) is 6.92 Å². The zero-order valence-corrected chi connectivity index (χ0v) is 12.3. The van der Waals surface area contributed by atoms with Gasteiger partial charge in [0, 0.05) is 12.6 Å². The maximum absolute atomic E-state index is 9.25. The molecule has 0 aromatic heterocycles. The van der Waals surface area contributed by atoms with Crippen molar-refractivity contribution >= 4 is 0 Å². The number of phenols is 1. The van der Waals surface area contributed by atoms with Crippen molar-refractivity contribution in [3.05, 3.63) is 65.2 Å². The highest BCUT2D eigenvalue weighted by Crippen LogP contribution is 2.12. The molecule has 2 aromatic rings. The van der Waals surface area contributed by atoms with Crippen LogP contribution in [-0.2, 0) is 13.0 Å². The summed E-state index contributed by atoms with van der Waals surface area (Å²) < 4.78 is 0. The van der Waals surface area contributed by atoms with E-state index in [0.29, 0.717) is 11.8 Å². The molecule has 0 bridgehead atoms. The molecule has 0 radical (unpaired) electrons. The molecule has 0 amide bonds. The molecular weight excluding hydrogens is 246 g/mol. The van der Waals surface area contributed by atoms with E-state index in [0.717, 1.165) is 19.4 Å². The largest absolute Gasteiger partial charge is 0.508 e. The Morgan fingerprint density at radius 1 is 0.950 bits per heavy atom. The molecule has 0 spiro atoms. The summed E-state index contributed by atoms with van der Waals surface area (Å²) in [5.41, 5.74) is 3.90. The minimum atomic E-state index is 0.333. The number of nitrogens with one attached hydrogen (secondary N) is 1. The van der Waals surface area contributed by atoms with Crippen LogP contribution >= 0.6 is 0 Å². The fourth-order valence-corrected chi connectivity index (χ4v) is 2.15. The molecule has 1 unspecified atom stereocenters. The van der Waals surface area contributed by atoms with Crippen LogP contribution in [0.1, 0.15) is 30.0 Å². The molecule has 0 saturated carbocycles. The quantitative estimate of drug-likeness (QED) is 0.835. The van der Waals surface area contributed by atoms with Gasteiger partial charge in [-0.05, 0) is 49.9 Å². The molecule has 0 fully saturated rings. The van der Waals surface area contributed by atoms with Crippen molar-refractivity contribution in [3.8, 4) is 5.75 Å². The highest BCUT2D eigenvalue weighted by molar-refractivity contribution is 5.26. The van der Waals surface area contributed by atoms with Crippen LogP contribution in [0.3, 0.4) is 0 Å². The van der Waals surface area contributed by atoms with Crippen LogP contribution in [0.25, 0.3) is 0 Å². The molecule has 0 aliphatic heterocycles. The van der Waals surface area contributed by atoms with Gasteiger partial charge in [0.1, 0.15) is 5.75 Å². The highest BCUT2D eigenvalue weighted by Gasteiger charge is 2.02. The predicted octanol–water partition coefficient (Wildman–Crippen LogP) is 3.81. The van der Waals surface area contributed by atoms with Crippen molar-refractivity contribution in [3.63, 3.8) is 0 Å². The van der Waals surface area contributed by atoms with Crippen molar-refractivity contribution in [2.24, 2.45) is 0 Å². The molecule has 2 nitrogen and oxygen atoms in total. The summed E-state index contributed by atoms with van der Waals surface area (Å²) in [4.78, 5) is 0. The van der Waals surface area contributed by atoms with Gasteiger partial charge in [-0.1, -0.05) is 42.0 Å². The number of hydrogen-bond donors (Lipinski definition) is 2. The number of benzene rings is 2. The average Bonchev–Trinajstić information content (AvgIpc) is 2.46. The van der Waals surface area contributed by atoms with Crippen LogP contribution < -0.4 is 5.32 Å². The first kappa shape index (κ1) is 14.6. The minimum absolute atomic E-state index is 0.333. The molecular formula is C18H23NO. The average molecular weight is 269 g/mol. The van der Waals surface area contributed by atoms with E-state index in [2.05, 4.69) is 43.4 Å². The summed E-state index contributed by atoms with van der Waals surface area (Å²) in [6.07, 6.45) is 2.12. The Bertz CT molecular complexity index is 467. The zero-order valence-electron chi connectivity index (χ0n) is 12.3. The van der Waals surface area contributed by atoms with Crippen molar-refractivity contribution in [1.82, 2.24) is 5.32 Å². The van der Waals surface area contributed by atoms with Gasteiger partial charge in [0.15, 0.2) is 0 Å². The molecule has 2 N–H and O–H groups in total. The van der Waals surface area contributed by atoms with Gasteiger partial charge in [-0.25, -0.2) is 0 Å². The zero-order chi connectivity index (χ0) is 14.4. The Morgan fingerprint density at radius 2 is 1.55 bits per heavy atom. The fraction of sp³-hybridized carbons (Fsp3) is 0.333. The lowest BCUT2D eigenvalue weighted by Gasteiger charge is -2.14. The van der Waals surface area contributed by atoms with Gasteiger partial charge in [-0.3, -0.25) is 0 Å². The van der Waals surface area contributed by atoms with Crippen LogP contribution in [0.2, 0.25) is 0 Å². The molecule has 0 heterocycles. The van der Waals surface area contributed by atoms with E-state index in [9.17, 15) is 5.11 Å². The third kappa shape index (κ3) is 4.71. The van der Waals surface area contributed by atoms with Gasteiger partial charge in [0.2, 0.25) is 0 Å². The standard InChI is InChI=1S/C18H23NO/c1-14-3-6-17(7-4-14)13-19-15(2)5-8-16-9-11-18(20)12-10-16/h3-4,6-7,9-12,15,19-20H,5,8,13H2,1-2H3. The Labute approximate surface area is 121 Å². The number of aromatic hydroxyl groups is 1. The lowest BCUT2D eigenvalue weighted by molar-refractivity contribution is 0.474. The molecule has 2 aromatic carbocycles. The van der Waals surface area contributed by atoms with E-state index < -0.39 is 0 Å². The van der Waals surface area contributed by atoms with Gasteiger partial charge in [0.25, 0.3) is 0 Å². The predicted molar refractivity (Wildman–Crippen MR) is 83.9 cm³/mol. The van der Waals surface area contributed by atoms with Crippen molar-refractivity contribution < 1.29 is 5.11 Å². The second-order valence-electron chi connectivity index (χ2n) is 5.47. The van der Waals surface area contributed by atoms with Gasteiger partial charge >= 0.3 is 0 Å². The van der Waals surface area contributed by atoms with E-state index in [-0.39, 0.29) is 0 Å². The van der Waals surface area contributed by atoms with E-state index in [1.165, 1.54) is 16.7 Å². The maximum Gasteiger partial charge on any atom is 0.115 e. The van der Waals surface area contributed by atoms with Gasteiger partial charge in [-0.2, -0.15) is 0 Å². The number of aryl methyl sites for hydroxylation is 2. The van der Waals surface area contributed by atoms with E-state index in [1.54, 1.807) is 12.1 Å². The number of rotatable bonds is 6. The van der Waals surface area contributed by atoms with E-state index in [4.69, 9.17) is 0 Å². The molecule has 2 heteroatoms. The lowest BCUT2D eigenvalue weighted by atomic mass is 10.1. The normalized spacial score (nSPS) is 12.3. The smallest absolute Gasteiger partial charge is 0.115 e. The summed E-state index contributed by atoms with van der Waals surface area (Å²) in [7, 11) is 0. The molecule has 20 heavy (non-hydrogen) atoms. The first-order valence-corrected chi connectivity index (χ1v) is 7.20. The van der Waals surface area contributed by atoms with Gasteiger partial charge in [0.05, 0.1) is 0 Å². The Balaban J connectivity index is 1.73. The summed E-state index contributed by atoms with van der Waals surface area (Å²) in [6, 6.07) is 16.6. The molecule has 2 rings (SSSR count). The van der Waals surface area contributed by atoms with Gasteiger partial charge < -0.3 is 10.4 Å². The van der Waals surface area contributed by atoms with Crippen molar-refractivity contribution in [2.45, 2.75) is 39.3 Å². The summed E-state index contributed by atoms with van der Waals surface area (Å²) in [5.74, 6) is 0.333. The first-order chi connectivity index (χ1) is 9.63. The summed E-state index contributed by atoms with van der Waals surface area (Å²) in [5, 5.41) is 12.8. The third-order valence-electron chi connectivity index (χ3n) is 3.58. The Hall–Kier alpha value is -1.80. The third-order valence-corrected chi connectivity index (χ3v) is 3.58. The molecule has 0 saturated heterocycles. The Morgan fingerprint density at radius 3 is 2.20 bits per heavy atom. The monoisotopic (exact) mass is 269 g/mol. The first-order valence-electron chi connectivity index (χ1n) is 7.20. The summed E-state index contributed by atoms with van der Waals surface area (Å²) in [6.45, 7) is 5.24. The summed E-state index contributed by atoms with van der Waals surface area (Å²) >= 11 is 0. The molecule has 0 aliphatic carbocycles. The molecule has 0 aliphatic rings. The van der Waals surface area contributed by atoms with Crippen LogP contribution in [0.4, 0.5) is 0 Å². The molecule has 106 valence electrons. The van der Waals surface area contributed by atoms with E-state index in [1.807, 2.05) is 12.1 Å². The van der Waals surface area contributed by atoms with Crippen LogP contribution in [0.5, 0.6) is 5.75 Å². The number of hydrogen-bond acceptors (Lipinski definition) is 2. The number of phenolic OH excluding ortho intramolecular Hbond substituents is 1. The highest BCUT2D eigenvalue weighted by atomic mass is 16.3. The van der Waals surface area contributed by atoms with E-state index >= 15 is 0 Å². The topological polar surface area (TPSA) is 32.3 Å². The minimum Gasteiger partial charge on any atom is -0.508 e. The maximum atomic E-state index is 9.25.